The molecule has 0 saturated carbocycles. The summed E-state index contributed by atoms with van der Waals surface area (Å²) in [6, 6.07) is 13.5. The molecule has 0 atom stereocenters. The van der Waals surface area contributed by atoms with E-state index in [4.69, 9.17) is 0 Å². The van der Waals surface area contributed by atoms with Crippen molar-refractivity contribution < 1.29 is 9.50 Å². The van der Waals surface area contributed by atoms with E-state index in [1.54, 1.807) is 42.6 Å². The molecule has 0 saturated heterocycles. The quantitative estimate of drug-likeness (QED) is 0.222. The lowest BCUT2D eigenvalue weighted by molar-refractivity contribution is 0.281. The summed E-state index contributed by atoms with van der Waals surface area (Å²) in [5, 5.41) is 26.1. The maximum absolute atomic E-state index is 15.3. The number of fused-ring (bicyclic) bond motifs is 1. The van der Waals surface area contributed by atoms with E-state index in [0.29, 0.717) is 28.0 Å². The van der Waals surface area contributed by atoms with Crippen molar-refractivity contribution in [3.8, 4) is 16.9 Å². The van der Waals surface area contributed by atoms with Gasteiger partial charge in [0, 0.05) is 35.3 Å². The summed E-state index contributed by atoms with van der Waals surface area (Å²) in [6.07, 6.45) is 3.21. The van der Waals surface area contributed by atoms with Crippen molar-refractivity contribution in [2.24, 2.45) is 7.05 Å². The minimum absolute atomic E-state index is 0.0913. The van der Waals surface area contributed by atoms with Crippen LogP contribution in [0.4, 0.5) is 15.9 Å². The van der Waals surface area contributed by atoms with Gasteiger partial charge in [0.15, 0.2) is 0 Å². The molecule has 0 spiro atoms. The second-order valence-corrected chi connectivity index (χ2v) is 12.6. The predicted octanol–water partition coefficient (Wildman–Crippen LogP) is 5.06. The van der Waals surface area contributed by atoms with Crippen molar-refractivity contribution in [1.29, 1.82) is 0 Å². The van der Waals surface area contributed by atoms with Gasteiger partial charge in [0.25, 0.3) is 11.1 Å². The minimum Gasteiger partial charge on any atom is -0.392 e. The Morgan fingerprint density at radius 3 is 2.36 bits per heavy atom. The molecule has 3 aromatic heterocycles. The van der Waals surface area contributed by atoms with Crippen LogP contribution in [0, 0.1) is 5.82 Å². The van der Waals surface area contributed by atoms with Gasteiger partial charge in [0.2, 0.25) is 0 Å². The molecule has 11 heteroatoms. The number of anilines is 2. The summed E-state index contributed by atoms with van der Waals surface area (Å²) in [5.41, 5.74) is 1.79. The molecule has 0 bridgehead atoms. The van der Waals surface area contributed by atoms with E-state index in [1.165, 1.54) is 24.0 Å². The summed E-state index contributed by atoms with van der Waals surface area (Å²) < 4.78 is 17.6. The van der Waals surface area contributed by atoms with Crippen LogP contribution >= 0.6 is 0 Å². The van der Waals surface area contributed by atoms with E-state index in [9.17, 15) is 14.7 Å². The third kappa shape index (κ3) is 6.13. The van der Waals surface area contributed by atoms with Gasteiger partial charge >= 0.3 is 0 Å². The Hall–Kier alpha value is -4.74. The number of aromatic nitrogens is 5. The number of nitrogens with zero attached hydrogens (tertiary/aromatic N) is 5. The Kier molecular flexibility index (Phi) is 8.43. The first kappa shape index (κ1) is 31.7. The molecule has 0 radical (unpaired) electrons. The summed E-state index contributed by atoms with van der Waals surface area (Å²) in [7, 11) is 1.53. The number of hydrogen-bond acceptors (Lipinski definition) is 8. The maximum atomic E-state index is 15.3. The van der Waals surface area contributed by atoms with Crippen LogP contribution in [0.3, 0.4) is 0 Å². The number of rotatable bonds is 8. The Morgan fingerprint density at radius 2 is 1.71 bits per heavy atom. The van der Waals surface area contributed by atoms with Crippen LogP contribution in [0.5, 0.6) is 0 Å². The van der Waals surface area contributed by atoms with Crippen molar-refractivity contribution in [2.45, 2.75) is 59.1 Å². The molecule has 2 aromatic carbocycles. The number of halogens is 1. The van der Waals surface area contributed by atoms with Crippen LogP contribution < -0.4 is 21.8 Å². The van der Waals surface area contributed by atoms with E-state index in [2.05, 4.69) is 39.7 Å². The molecule has 0 amide bonds. The molecular weight excluding hydrogens is 573 g/mol. The molecule has 3 heterocycles. The summed E-state index contributed by atoms with van der Waals surface area (Å²) in [6.45, 7) is 12.4. The first-order valence-corrected chi connectivity index (χ1v) is 14.8. The molecule has 0 aliphatic carbocycles. The zero-order chi connectivity index (χ0) is 32.7. The number of aliphatic hydroxyl groups excluding tert-OH is 1. The van der Waals surface area contributed by atoms with Gasteiger partial charge in [0.05, 0.1) is 29.6 Å². The number of aliphatic hydroxyl groups is 1. The molecule has 234 valence electrons. The second kappa shape index (κ2) is 12.0. The van der Waals surface area contributed by atoms with Crippen molar-refractivity contribution in [2.75, 3.05) is 11.9 Å². The van der Waals surface area contributed by atoms with E-state index >= 15 is 4.39 Å². The minimum atomic E-state index is -0.653. The van der Waals surface area contributed by atoms with Gasteiger partial charge in [-0.3, -0.25) is 9.59 Å². The highest BCUT2D eigenvalue weighted by Crippen LogP contribution is 2.30. The topological polar surface area (TPSA) is 127 Å². The Bertz CT molecular complexity index is 2010. The second-order valence-electron chi connectivity index (χ2n) is 12.6. The van der Waals surface area contributed by atoms with E-state index in [0.717, 1.165) is 22.4 Å². The largest absolute Gasteiger partial charge is 0.392 e. The Morgan fingerprint density at radius 1 is 0.956 bits per heavy atom. The monoisotopic (exact) mass is 611 g/mol. The average molecular weight is 612 g/mol. The van der Waals surface area contributed by atoms with Crippen LogP contribution in [-0.2, 0) is 24.6 Å². The van der Waals surface area contributed by atoms with E-state index in [-0.39, 0.29) is 33.3 Å². The summed E-state index contributed by atoms with van der Waals surface area (Å²) in [4.78, 5) is 31.2. The highest BCUT2D eigenvalue weighted by Gasteiger charge is 2.22. The summed E-state index contributed by atoms with van der Waals surface area (Å²) >= 11 is 0. The Balaban J connectivity index is 1.57. The highest BCUT2D eigenvalue weighted by molar-refractivity contribution is 5.83. The van der Waals surface area contributed by atoms with Gasteiger partial charge in [-0.1, -0.05) is 45.9 Å². The van der Waals surface area contributed by atoms with Crippen LogP contribution in [0.2, 0.25) is 0 Å². The zero-order valence-corrected chi connectivity index (χ0v) is 26.6. The molecule has 5 aromatic rings. The van der Waals surface area contributed by atoms with Crippen molar-refractivity contribution in [3.05, 3.63) is 104 Å². The van der Waals surface area contributed by atoms with Gasteiger partial charge < -0.3 is 15.7 Å². The molecule has 0 aliphatic heterocycles. The molecule has 3 N–H and O–H groups in total. The number of hydrogen-bond donors (Lipinski definition) is 3. The van der Waals surface area contributed by atoms with Crippen LogP contribution in [0.1, 0.15) is 58.2 Å². The highest BCUT2D eigenvalue weighted by atomic mass is 19.1. The molecule has 0 aliphatic rings. The number of nitrogens with one attached hydrogen (secondary N) is 2. The normalized spacial score (nSPS) is 12.1. The third-order valence-corrected chi connectivity index (χ3v) is 7.95. The molecule has 45 heavy (non-hydrogen) atoms. The Labute approximate surface area is 260 Å². The SMILES string of the molecule is CCNC(C)(C)c1ccc(Nc2cc(-c3cccc(-n4ncc5cc(C(C)(C)C)cc(F)c5c4=O)c3CO)nn(C)c2=O)nc1. The third-order valence-electron chi connectivity index (χ3n) is 7.95. The fraction of sp³-hybridized carbons (Fsp3) is 0.324. The molecule has 10 nitrogen and oxygen atoms in total. The van der Waals surface area contributed by atoms with Crippen LogP contribution in [0.15, 0.2) is 70.5 Å². The van der Waals surface area contributed by atoms with Gasteiger partial charge in [-0.05, 0) is 67.3 Å². The fourth-order valence-corrected chi connectivity index (χ4v) is 5.37. The molecular formula is C34H38FN7O3. The number of benzene rings is 2. The lowest BCUT2D eigenvalue weighted by Gasteiger charge is -2.26. The van der Waals surface area contributed by atoms with E-state index < -0.39 is 18.0 Å². The lowest BCUT2D eigenvalue weighted by atomic mass is 9.86. The predicted molar refractivity (Wildman–Crippen MR) is 175 cm³/mol. The lowest BCUT2D eigenvalue weighted by Crippen LogP contribution is -2.36. The van der Waals surface area contributed by atoms with Gasteiger partial charge in [-0.15, -0.1) is 0 Å². The summed E-state index contributed by atoms with van der Waals surface area (Å²) in [5.74, 6) is -0.164. The van der Waals surface area contributed by atoms with Crippen molar-refractivity contribution >= 4 is 22.3 Å². The first-order chi connectivity index (χ1) is 21.2. The van der Waals surface area contributed by atoms with Crippen LogP contribution in [-0.4, -0.2) is 36.2 Å². The average Bonchev–Trinajstić information content (AvgIpc) is 2.98. The smallest absolute Gasteiger partial charge is 0.290 e. The van der Waals surface area contributed by atoms with Gasteiger partial charge in [-0.2, -0.15) is 14.9 Å². The van der Waals surface area contributed by atoms with Gasteiger partial charge in [-0.25, -0.2) is 14.1 Å². The molecule has 5 rings (SSSR count). The maximum Gasteiger partial charge on any atom is 0.290 e. The standard InChI is InChI=1S/C34H38FN7O3/c1-8-37-34(5,6)21-12-13-29(36-18-21)39-27-16-26(40-41(7)31(27)44)23-10-9-11-28(24(23)19-43)42-32(45)30-20(17-38-42)14-22(15-25(30)35)33(2,3)4/h9-18,37,43H,8,19H2,1-7H3,(H,36,39). The van der Waals surface area contributed by atoms with Crippen molar-refractivity contribution in [1.82, 2.24) is 29.9 Å². The van der Waals surface area contributed by atoms with Crippen LogP contribution in [0.25, 0.3) is 27.7 Å². The fourth-order valence-electron chi connectivity index (χ4n) is 5.37. The molecule has 0 fully saturated rings. The number of pyridine rings is 1. The van der Waals surface area contributed by atoms with Crippen molar-refractivity contribution in [3.63, 3.8) is 0 Å². The van der Waals surface area contributed by atoms with Gasteiger partial charge in [0.1, 0.15) is 17.3 Å². The zero-order valence-electron chi connectivity index (χ0n) is 26.6. The number of aryl methyl sites for hydroxylation is 1. The molecule has 0 unspecified atom stereocenters. The first-order valence-electron chi connectivity index (χ1n) is 14.8. The van der Waals surface area contributed by atoms with E-state index in [1.807, 2.05) is 33.8 Å².